The maximum absolute atomic E-state index is 12.6. The highest BCUT2D eigenvalue weighted by atomic mass is 79.9. The van der Waals surface area contributed by atoms with Crippen LogP contribution >= 0.6 is 27.3 Å². The first kappa shape index (κ1) is 21.3. The molecule has 1 unspecified atom stereocenters. The monoisotopic (exact) mass is 493 g/mol. The Bertz CT molecular complexity index is 942. The topological polar surface area (TPSA) is 79.9 Å². The number of rotatable bonds is 4. The quantitative estimate of drug-likeness (QED) is 0.635. The molecule has 0 bridgehead atoms. The van der Waals surface area contributed by atoms with E-state index in [1.165, 1.54) is 22.5 Å². The van der Waals surface area contributed by atoms with Gasteiger partial charge in [0.05, 0.1) is 15.3 Å². The van der Waals surface area contributed by atoms with Crippen LogP contribution < -0.4 is 10.6 Å². The molecule has 0 radical (unpaired) electrons. The van der Waals surface area contributed by atoms with Crippen LogP contribution in [-0.4, -0.2) is 56.0 Å². The largest absolute Gasteiger partial charge is 0.420 e. The van der Waals surface area contributed by atoms with Crippen molar-refractivity contribution >= 4 is 45.0 Å². The molecule has 1 aromatic carbocycles. The van der Waals surface area contributed by atoms with Gasteiger partial charge >= 0.3 is 6.09 Å². The number of nitrogens with zero attached hydrogens (tertiary/aromatic N) is 1. The van der Waals surface area contributed by atoms with Gasteiger partial charge in [0.15, 0.2) is 0 Å². The number of halogens is 1. The molecule has 2 aliphatic rings. The summed E-state index contributed by atoms with van der Waals surface area (Å²) in [5.41, 5.74) is 2.07. The highest BCUT2D eigenvalue weighted by molar-refractivity contribution is 9.11. The number of fused-ring (bicyclic) bond motifs is 1. The first-order valence-corrected chi connectivity index (χ1v) is 11.5. The van der Waals surface area contributed by atoms with E-state index >= 15 is 0 Å². The number of amides is 2. The number of likely N-dealkylation sites (N-methyl/N-ethyl adjacent to an activating group) is 1. The van der Waals surface area contributed by atoms with E-state index in [4.69, 9.17) is 9.47 Å². The summed E-state index contributed by atoms with van der Waals surface area (Å²) >= 11 is 4.67. The fourth-order valence-corrected chi connectivity index (χ4v) is 4.97. The number of nitrogens with one attached hydrogen (secondary N) is 2. The predicted octanol–water partition coefficient (Wildman–Crippen LogP) is 3.64. The molecule has 2 amide bonds. The van der Waals surface area contributed by atoms with Crippen molar-refractivity contribution in [1.82, 2.24) is 10.2 Å². The summed E-state index contributed by atoms with van der Waals surface area (Å²) in [7, 11) is 2.12. The Balaban J connectivity index is 1.42. The average Bonchev–Trinajstić information content (AvgIpc) is 3.30. The summed E-state index contributed by atoms with van der Waals surface area (Å²) in [6, 6.07) is 9.50. The molecule has 1 fully saturated rings. The first-order valence-electron chi connectivity index (χ1n) is 9.88. The maximum atomic E-state index is 12.6. The van der Waals surface area contributed by atoms with Gasteiger partial charge in [0.2, 0.25) is 5.72 Å². The Kier molecular flexibility index (Phi) is 6.43. The van der Waals surface area contributed by atoms with Gasteiger partial charge in [0, 0.05) is 25.2 Å². The molecule has 9 heteroatoms. The van der Waals surface area contributed by atoms with E-state index in [2.05, 4.69) is 44.6 Å². The van der Waals surface area contributed by atoms with Gasteiger partial charge in [0.25, 0.3) is 5.91 Å². The molecule has 2 N–H and O–H groups in total. The number of hydrogen-bond donors (Lipinski definition) is 2. The summed E-state index contributed by atoms with van der Waals surface area (Å²) < 4.78 is 11.9. The number of carbonyl (C=O) groups is 2. The van der Waals surface area contributed by atoms with E-state index in [-0.39, 0.29) is 12.5 Å². The standard InChI is InChI=1S/C21H24BrN3O4S/c1-25-9-6-14-2-3-16(12-15(14)7-10-25)23-20(27)29-21(8-11-28-13-21)24-19(26)17-4-5-18(22)30-17/h2-5,12H,6-11,13H2,1H3,(H,23,27)(H,24,26). The molecule has 1 aromatic heterocycles. The fraction of sp³-hybridized carbons (Fsp3) is 0.429. The average molecular weight is 494 g/mol. The molecule has 7 nitrogen and oxygen atoms in total. The van der Waals surface area contributed by atoms with Gasteiger partial charge in [-0.15, -0.1) is 11.3 Å². The van der Waals surface area contributed by atoms with Crippen molar-refractivity contribution in [2.75, 3.05) is 38.7 Å². The van der Waals surface area contributed by atoms with Crippen molar-refractivity contribution in [1.29, 1.82) is 0 Å². The van der Waals surface area contributed by atoms with Crippen molar-refractivity contribution in [2.24, 2.45) is 0 Å². The van der Waals surface area contributed by atoms with E-state index in [1.807, 2.05) is 12.1 Å². The highest BCUT2D eigenvalue weighted by Gasteiger charge is 2.41. The van der Waals surface area contributed by atoms with Gasteiger partial charge in [-0.1, -0.05) is 6.07 Å². The minimum absolute atomic E-state index is 0.120. The number of thiophene rings is 1. The first-order chi connectivity index (χ1) is 14.4. The van der Waals surface area contributed by atoms with Gasteiger partial charge in [0.1, 0.15) is 6.61 Å². The maximum Gasteiger partial charge on any atom is 0.413 e. The number of ether oxygens (including phenoxy) is 2. The van der Waals surface area contributed by atoms with Gasteiger partial charge < -0.3 is 19.7 Å². The lowest BCUT2D eigenvalue weighted by atomic mass is 10.0. The summed E-state index contributed by atoms with van der Waals surface area (Å²) in [6.07, 6.45) is 1.73. The van der Waals surface area contributed by atoms with Crippen molar-refractivity contribution in [3.05, 3.63) is 50.1 Å². The van der Waals surface area contributed by atoms with Crippen LogP contribution in [0.5, 0.6) is 0 Å². The third kappa shape index (κ3) is 5.03. The molecule has 1 atom stereocenters. The molecule has 3 heterocycles. The zero-order valence-electron chi connectivity index (χ0n) is 16.7. The van der Waals surface area contributed by atoms with Crippen LogP contribution in [0.4, 0.5) is 10.5 Å². The lowest BCUT2D eigenvalue weighted by Gasteiger charge is -2.28. The second-order valence-corrected chi connectivity index (χ2v) is 10.1. The second-order valence-electron chi connectivity index (χ2n) is 7.66. The molecule has 0 saturated carbocycles. The Morgan fingerprint density at radius 3 is 2.70 bits per heavy atom. The molecule has 30 heavy (non-hydrogen) atoms. The summed E-state index contributed by atoms with van der Waals surface area (Å²) in [6.45, 7) is 2.56. The van der Waals surface area contributed by atoms with Crippen LogP contribution in [0.25, 0.3) is 0 Å². The fourth-order valence-electron chi connectivity index (χ4n) is 3.69. The summed E-state index contributed by atoms with van der Waals surface area (Å²) in [4.78, 5) is 28.1. The molecule has 160 valence electrons. The molecular formula is C21H24BrN3O4S. The van der Waals surface area contributed by atoms with Crippen LogP contribution in [0.2, 0.25) is 0 Å². The minimum Gasteiger partial charge on any atom is -0.420 e. The van der Waals surface area contributed by atoms with Gasteiger partial charge in [-0.25, -0.2) is 4.79 Å². The Morgan fingerprint density at radius 1 is 1.20 bits per heavy atom. The number of anilines is 1. The van der Waals surface area contributed by atoms with Crippen LogP contribution in [0.15, 0.2) is 34.1 Å². The number of hydrogen-bond acceptors (Lipinski definition) is 6. The van der Waals surface area contributed by atoms with Crippen LogP contribution in [0, 0.1) is 0 Å². The molecule has 0 spiro atoms. The minimum atomic E-state index is -1.17. The van der Waals surface area contributed by atoms with Crippen LogP contribution in [0.1, 0.15) is 27.2 Å². The summed E-state index contributed by atoms with van der Waals surface area (Å²) in [5.74, 6) is -0.293. The van der Waals surface area contributed by atoms with E-state index in [9.17, 15) is 9.59 Å². The van der Waals surface area contributed by atoms with Crippen molar-refractivity contribution in [2.45, 2.75) is 25.0 Å². The third-order valence-corrected chi connectivity index (χ3v) is 7.01. The van der Waals surface area contributed by atoms with E-state index in [0.717, 1.165) is 29.7 Å². The van der Waals surface area contributed by atoms with Gasteiger partial charge in [-0.2, -0.15) is 0 Å². The molecule has 4 rings (SSSR count). The zero-order valence-corrected chi connectivity index (χ0v) is 19.1. The molecule has 1 saturated heterocycles. The van der Waals surface area contributed by atoms with E-state index in [1.54, 1.807) is 12.1 Å². The SMILES string of the molecule is CN1CCc2ccc(NC(=O)OC3(NC(=O)c4ccc(Br)s4)CCOC3)cc2CC1. The Labute approximate surface area is 187 Å². The second kappa shape index (κ2) is 9.05. The smallest absolute Gasteiger partial charge is 0.413 e. The molecular weight excluding hydrogens is 470 g/mol. The normalized spacial score (nSPS) is 21.5. The van der Waals surface area contributed by atoms with Crippen molar-refractivity contribution < 1.29 is 19.1 Å². The highest BCUT2D eigenvalue weighted by Crippen LogP contribution is 2.26. The summed E-state index contributed by atoms with van der Waals surface area (Å²) in [5, 5.41) is 5.64. The predicted molar refractivity (Wildman–Crippen MR) is 119 cm³/mol. The van der Waals surface area contributed by atoms with Gasteiger partial charge in [-0.3, -0.25) is 10.1 Å². The zero-order chi connectivity index (χ0) is 21.1. The Hall–Kier alpha value is -1.94. The van der Waals surface area contributed by atoms with E-state index in [0.29, 0.717) is 23.6 Å². The third-order valence-electron chi connectivity index (χ3n) is 5.39. The van der Waals surface area contributed by atoms with Crippen molar-refractivity contribution in [3.8, 4) is 0 Å². The number of carbonyl (C=O) groups excluding carboxylic acids is 2. The lowest BCUT2D eigenvalue weighted by molar-refractivity contribution is -0.0113. The number of benzene rings is 1. The van der Waals surface area contributed by atoms with Crippen molar-refractivity contribution in [3.63, 3.8) is 0 Å². The molecule has 0 aliphatic carbocycles. The molecule has 2 aliphatic heterocycles. The molecule has 2 aromatic rings. The van der Waals surface area contributed by atoms with Crippen LogP contribution in [0.3, 0.4) is 0 Å². The Morgan fingerprint density at radius 2 is 2.00 bits per heavy atom. The van der Waals surface area contributed by atoms with Gasteiger partial charge in [-0.05, 0) is 71.2 Å². The lowest BCUT2D eigenvalue weighted by Crippen LogP contribution is -2.52. The van der Waals surface area contributed by atoms with Crippen LogP contribution in [-0.2, 0) is 22.3 Å². The van der Waals surface area contributed by atoms with E-state index < -0.39 is 11.8 Å².